The number of rotatable bonds is 9. The highest BCUT2D eigenvalue weighted by atomic mass is 16.2. The van der Waals surface area contributed by atoms with Gasteiger partial charge in [-0.2, -0.15) is 0 Å². The smallest absolute Gasteiger partial charge is 0.253 e. The first-order chi connectivity index (χ1) is 14.9. The minimum atomic E-state index is -0.0213. The third-order valence-electron chi connectivity index (χ3n) is 4.69. The molecule has 0 radical (unpaired) electrons. The van der Waals surface area contributed by atoms with E-state index in [2.05, 4.69) is 15.6 Å². The fraction of sp³-hybridized carbons (Fsp3) is 0.375. The van der Waals surface area contributed by atoms with Gasteiger partial charge >= 0.3 is 0 Å². The molecule has 0 heterocycles. The largest absolute Gasteiger partial charge is 0.357 e. The van der Waals surface area contributed by atoms with Crippen LogP contribution in [0.3, 0.4) is 0 Å². The van der Waals surface area contributed by atoms with Gasteiger partial charge in [0.05, 0.1) is 6.54 Å². The van der Waals surface area contributed by atoms with Crippen molar-refractivity contribution in [2.24, 2.45) is 4.99 Å². The summed E-state index contributed by atoms with van der Waals surface area (Å²) < 4.78 is 0. The Morgan fingerprint density at radius 2 is 1.58 bits per heavy atom. The summed E-state index contributed by atoms with van der Waals surface area (Å²) in [6.07, 6.45) is 0.384. The third-order valence-corrected chi connectivity index (χ3v) is 4.69. The number of amides is 2. The van der Waals surface area contributed by atoms with E-state index in [4.69, 9.17) is 0 Å². The zero-order valence-corrected chi connectivity index (χ0v) is 18.9. The SMILES string of the molecule is CCNC(=NCc1ccc(C(=O)N(C)C)cc1)NCCC(=O)N(C)Cc1ccccc1. The summed E-state index contributed by atoms with van der Waals surface area (Å²) >= 11 is 0. The Kier molecular flexibility index (Phi) is 9.55. The van der Waals surface area contributed by atoms with Gasteiger partial charge in [-0.25, -0.2) is 4.99 Å². The Hall–Kier alpha value is -3.35. The van der Waals surface area contributed by atoms with Crippen LogP contribution >= 0.6 is 0 Å². The van der Waals surface area contributed by atoms with Crippen molar-refractivity contribution >= 4 is 17.8 Å². The average Bonchev–Trinajstić information content (AvgIpc) is 2.77. The second kappa shape index (κ2) is 12.4. The fourth-order valence-corrected chi connectivity index (χ4v) is 2.95. The molecule has 0 aromatic heterocycles. The molecule has 0 saturated heterocycles. The van der Waals surface area contributed by atoms with Crippen LogP contribution in [0.4, 0.5) is 0 Å². The first-order valence-electron chi connectivity index (χ1n) is 10.5. The van der Waals surface area contributed by atoms with Gasteiger partial charge in [-0.3, -0.25) is 9.59 Å². The lowest BCUT2D eigenvalue weighted by molar-refractivity contribution is -0.130. The monoisotopic (exact) mass is 423 g/mol. The predicted molar refractivity (Wildman–Crippen MR) is 125 cm³/mol. The Bertz CT molecular complexity index is 863. The molecule has 7 heteroatoms. The Morgan fingerprint density at radius 1 is 0.903 bits per heavy atom. The van der Waals surface area contributed by atoms with Crippen molar-refractivity contribution in [3.8, 4) is 0 Å². The summed E-state index contributed by atoms with van der Waals surface area (Å²) in [5.74, 6) is 0.717. The van der Waals surface area contributed by atoms with Crippen LogP contribution in [-0.4, -0.2) is 61.8 Å². The average molecular weight is 424 g/mol. The normalized spacial score (nSPS) is 11.0. The quantitative estimate of drug-likeness (QED) is 0.480. The fourth-order valence-electron chi connectivity index (χ4n) is 2.95. The summed E-state index contributed by atoms with van der Waals surface area (Å²) in [5.41, 5.74) is 2.77. The van der Waals surface area contributed by atoms with Crippen molar-refractivity contribution in [1.82, 2.24) is 20.4 Å². The van der Waals surface area contributed by atoms with Crippen molar-refractivity contribution in [3.63, 3.8) is 0 Å². The molecule has 2 amide bonds. The molecular formula is C24H33N5O2. The van der Waals surface area contributed by atoms with E-state index in [0.717, 1.165) is 17.7 Å². The molecule has 0 aliphatic heterocycles. The van der Waals surface area contributed by atoms with Gasteiger partial charge in [-0.05, 0) is 30.2 Å². The summed E-state index contributed by atoms with van der Waals surface area (Å²) in [7, 11) is 5.29. The Morgan fingerprint density at radius 3 is 2.19 bits per heavy atom. The lowest BCUT2D eigenvalue weighted by Gasteiger charge is -2.18. The van der Waals surface area contributed by atoms with Crippen LogP contribution < -0.4 is 10.6 Å². The molecule has 166 valence electrons. The van der Waals surface area contributed by atoms with Crippen molar-refractivity contribution < 1.29 is 9.59 Å². The van der Waals surface area contributed by atoms with Gasteiger partial charge in [0.25, 0.3) is 5.91 Å². The van der Waals surface area contributed by atoms with Crippen molar-refractivity contribution in [2.75, 3.05) is 34.2 Å². The van der Waals surface area contributed by atoms with E-state index in [1.54, 1.807) is 23.9 Å². The molecule has 2 rings (SSSR count). The van der Waals surface area contributed by atoms with E-state index in [-0.39, 0.29) is 11.8 Å². The number of hydrogen-bond donors (Lipinski definition) is 2. The first kappa shape index (κ1) is 23.9. The standard InChI is InChI=1S/C24H33N5O2/c1-5-25-24(27-17-19-11-13-21(14-12-19)23(31)28(2)3)26-16-15-22(30)29(4)18-20-9-7-6-8-10-20/h6-14H,5,15-18H2,1-4H3,(H2,25,26,27). The minimum Gasteiger partial charge on any atom is -0.357 e. The van der Waals surface area contributed by atoms with Crippen LogP contribution in [0, 0.1) is 0 Å². The first-order valence-corrected chi connectivity index (χ1v) is 10.5. The van der Waals surface area contributed by atoms with E-state index >= 15 is 0 Å². The summed E-state index contributed by atoms with van der Waals surface area (Å²) in [6, 6.07) is 17.4. The van der Waals surface area contributed by atoms with Crippen LogP contribution in [0.25, 0.3) is 0 Å². The number of carbonyl (C=O) groups excluding carboxylic acids is 2. The van der Waals surface area contributed by atoms with Crippen molar-refractivity contribution in [2.45, 2.75) is 26.4 Å². The highest BCUT2D eigenvalue weighted by Gasteiger charge is 2.10. The van der Waals surface area contributed by atoms with Crippen molar-refractivity contribution in [3.05, 3.63) is 71.3 Å². The van der Waals surface area contributed by atoms with Crippen LogP contribution in [0.2, 0.25) is 0 Å². The molecule has 0 bridgehead atoms. The van der Waals surface area contributed by atoms with Gasteiger partial charge in [0.2, 0.25) is 5.91 Å². The molecule has 0 saturated carbocycles. The second-order valence-corrected chi connectivity index (χ2v) is 7.50. The van der Waals surface area contributed by atoms with Crippen LogP contribution in [0.15, 0.2) is 59.6 Å². The molecule has 2 aromatic rings. The predicted octanol–water partition coefficient (Wildman–Crippen LogP) is 2.49. The van der Waals surface area contributed by atoms with Gasteiger partial charge in [0.1, 0.15) is 0 Å². The highest BCUT2D eigenvalue weighted by molar-refractivity contribution is 5.93. The number of nitrogens with one attached hydrogen (secondary N) is 2. The van der Waals surface area contributed by atoms with E-state index in [1.807, 2.05) is 68.6 Å². The maximum absolute atomic E-state index is 12.4. The van der Waals surface area contributed by atoms with E-state index in [9.17, 15) is 9.59 Å². The van der Waals surface area contributed by atoms with Gasteiger partial charge in [-0.15, -0.1) is 0 Å². The van der Waals surface area contributed by atoms with Gasteiger partial charge < -0.3 is 20.4 Å². The number of nitrogens with zero attached hydrogens (tertiary/aromatic N) is 3. The zero-order chi connectivity index (χ0) is 22.6. The van der Waals surface area contributed by atoms with Crippen LogP contribution in [0.1, 0.15) is 34.8 Å². The molecule has 0 spiro atoms. The molecule has 0 aliphatic carbocycles. The molecule has 2 N–H and O–H groups in total. The number of guanidine groups is 1. The maximum atomic E-state index is 12.4. The van der Waals surface area contributed by atoms with Gasteiger partial charge in [0, 0.05) is 52.8 Å². The molecule has 0 fully saturated rings. The summed E-state index contributed by atoms with van der Waals surface area (Å²) in [4.78, 5) is 32.2. The van der Waals surface area contributed by atoms with Gasteiger partial charge in [0.15, 0.2) is 5.96 Å². The van der Waals surface area contributed by atoms with Crippen LogP contribution in [0.5, 0.6) is 0 Å². The lowest BCUT2D eigenvalue weighted by Crippen LogP contribution is -2.39. The van der Waals surface area contributed by atoms with E-state index in [0.29, 0.717) is 37.6 Å². The molecule has 7 nitrogen and oxygen atoms in total. The number of hydrogen-bond acceptors (Lipinski definition) is 3. The summed E-state index contributed by atoms with van der Waals surface area (Å²) in [5, 5.41) is 6.41. The molecule has 0 unspecified atom stereocenters. The molecule has 0 aliphatic rings. The van der Waals surface area contributed by atoms with Crippen LogP contribution in [-0.2, 0) is 17.9 Å². The lowest BCUT2D eigenvalue weighted by atomic mass is 10.1. The summed E-state index contributed by atoms with van der Waals surface area (Å²) in [6.45, 7) is 4.30. The molecule has 31 heavy (non-hydrogen) atoms. The number of carbonyl (C=O) groups is 2. The minimum absolute atomic E-state index is 0.0213. The Balaban J connectivity index is 1.84. The third kappa shape index (κ3) is 8.12. The maximum Gasteiger partial charge on any atom is 0.253 e. The van der Waals surface area contributed by atoms with Gasteiger partial charge in [-0.1, -0.05) is 42.5 Å². The molecule has 0 atom stereocenters. The molecule has 2 aromatic carbocycles. The zero-order valence-electron chi connectivity index (χ0n) is 18.9. The second-order valence-electron chi connectivity index (χ2n) is 7.50. The number of aliphatic imine (C=N–C) groups is 1. The van der Waals surface area contributed by atoms with Crippen molar-refractivity contribution in [1.29, 1.82) is 0 Å². The molecular weight excluding hydrogens is 390 g/mol. The topological polar surface area (TPSA) is 77.0 Å². The highest BCUT2D eigenvalue weighted by Crippen LogP contribution is 2.08. The number of benzene rings is 2. The van der Waals surface area contributed by atoms with E-state index in [1.165, 1.54) is 0 Å². The Labute approximate surface area is 185 Å². The van der Waals surface area contributed by atoms with E-state index < -0.39 is 0 Å².